The van der Waals surface area contributed by atoms with Crippen molar-refractivity contribution in [3.63, 3.8) is 0 Å². The molecule has 1 aromatic heterocycles. The first-order valence-corrected chi connectivity index (χ1v) is 12.0. The lowest BCUT2D eigenvalue weighted by Crippen LogP contribution is -2.68. The zero-order valence-electron chi connectivity index (χ0n) is 20.9. The van der Waals surface area contributed by atoms with Crippen LogP contribution in [0.2, 0.25) is 0 Å². The number of carbonyl (C=O) groups excluding carboxylic acids is 1. The van der Waals surface area contributed by atoms with Gasteiger partial charge in [0.2, 0.25) is 5.91 Å². The highest BCUT2D eigenvalue weighted by molar-refractivity contribution is 5.84. The van der Waals surface area contributed by atoms with Crippen LogP contribution in [0.3, 0.4) is 0 Å². The third-order valence-corrected chi connectivity index (χ3v) is 6.65. The molecule has 1 N–H and O–H groups in total. The number of piperazine rings is 1. The lowest BCUT2D eigenvalue weighted by atomic mass is 9.94. The van der Waals surface area contributed by atoms with Crippen LogP contribution >= 0.6 is 0 Å². The third-order valence-electron chi connectivity index (χ3n) is 6.65. The van der Waals surface area contributed by atoms with Crippen LogP contribution in [0.5, 0.6) is 5.75 Å². The molecule has 3 aromatic rings. The molecular weight excluding hydrogens is 497 g/mol. The first kappa shape index (κ1) is 26.9. The van der Waals surface area contributed by atoms with Crippen molar-refractivity contribution in [2.75, 3.05) is 24.6 Å². The third kappa shape index (κ3) is 5.58. The summed E-state index contributed by atoms with van der Waals surface area (Å²) < 4.78 is 46.1. The fourth-order valence-corrected chi connectivity index (χ4v) is 4.55. The molecular formula is C28H27F3N4O3. The highest BCUT2D eigenvalue weighted by Gasteiger charge is 2.46. The molecule has 1 fully saturated rings. The summed E-state index contributed by atoms with van der Waals surface area (Å²) in [5.74, 6) is 0.347. The number of hydrogen-bond acceptors (Lipinski definition) is 6. The van der Waals surface area contributed by atoms with Crippen molar-refractivity contribution < 1.29 is 27.8 Å². The first-order chi connectivity index (χ1) is 18.0. The van der Waals surface area contributed by atoms with Crippen LogP contribution in [0.4, 0.5) is 18.9 Å². The predicted molar refractivity (Wildman–Crippen MR) is 135 cm³/mol. The summed E-state index contributed by atoms with van der Waals surface area (Å²) in [6.45, 7) is 3.65. The number of alkyl halides is 3. The molecule has 38 heavy (non-hydrogen) atoms. The van der Waals surface area contributed by atoms with Crippen LogP contribution < -0.4 is 9.64 Å². The van der Waals surface area contributed by atoms with Gasteiger partial charge in [-0.1, -0.05) is 12.1 Å². The summed E-state index contributed by atoms with van der Waals surface area (Å²) >= 11 is 0. The van der Waals surface area contributed by atoms with Crippen molar-refractivity contribution in [1.82, 2.24) is 9.88 Å². The van der Waals surface area contributed by atoms with Crippen molar-refractivity contribution in [2.24, 2.45) is 0 Å². The largest absolute Gasteiger partial charge is 0.494 e. The number of anilines is 1. The van der Waals surface area contributed by atoms with Gasteiger partial charge in [0.1, 0.15) is 12.0 Å². The van der Waals surface area contributed by atoms with Crippen LogP contribution in [-0.4, -0.2) is 52.4 Å². The van der Waals surface area contributed by atoms with Gasteiger partial charge >= 0.3 is 6.18 Å². The van der Waals surface area contributed by atoms with E-state index in [0.717, 1.165) is 23.3 Å². The Labute approximate surface area is 218 Å². The fraction of sp³-hybridized carbons (Fsp3) is 0.321. The first-order valence-electron chi connectivity index (χ1n) is 12.0. The van der Waals surface area contributed by atoms with Gasteiger partial charge in [-0.05, 0) is 73.9 Å². The zero-order valence-corrected chi connectivity index (χ0v) is 20.9. The summed E-state index contributed by atoms with van der Waals surface area (Å²) in [5, 5.41) is 20.1. The van der Waals surface area contributed by atoms with Crippen LogP contribution in [-0.2, 0) is 11.0 Å². The van der Waals surface area contributed by atoms with E-state index in [0.29, 0.717) is 25.3 Å². The van der Waals surface area contributed by atoms with Gasteiger partial charge in [0.25, 0.3) is 0 Å². The Morgan fingerprint density at radius 3 is 2.39 bits per heavy atom. The number of carbonyl (C=O) groups is 1. The molecule has 0 radical (unpaired) electrons. The molecule has 7 nitrogen and oxygen atoms in total. The summed E-state index contributed by atoms with van der Waals surface area (Å²) in [6.07, 6.45) is -2.07. The molecule has 198 valence electrons. The number of amides is 1. The van der Waals surface area contributed by atoms with Crippen molar-refractivity contribution >= 4 is 11.6 Å². The Kier molecular flexibility index (Phi) is 7.60. The van der Waals surface area contributed by atoms with Gasteiger partial charge in [0.15, 0.2) is 0 Å². The van der Waals surface area contributed by atoms with Gasteiger partial charge in [-0.25, -0.2) is 0 Å². The van der Waals surface area contributed by atoms with E-state index in [-0.39, 0.29) is 18.1 Å². The lowest BCUT2D eigenvalue weighted by Gasteiger charge is -2.51. The second kappa shape index (κ2) is 10.7. The van der Waals surface area contributed by atoms with E-state index < -0.39 is 29.1 Å². The van der Waals surface area contributed by atoms with E-state index in [2.05, 4.69) is 4.98 Å². The maximum Gasteiger partial charge on any atom is 0.417 e. The second-order valence-corrected chi connectivity index (χ2v) is 9.50. The van der Waals surface area contributed by atoms with Crippen LogP contribution in [0.15, 0.2) is 67.0 Å². The molecule has 10 heteroatoms. The number of halogens is 3. The number of rotatable bonds is 7. The normalized spacial score (nSPS) is 17.3. The highest BCUT2D eigenvalue weighted by Crippen LogP contribution is 2.37. The SMILES string of the molecule is CC1(C)C(O)N(c2ccc(C#N)c(C(F)(F)F)c2)CC(=O)N1CCCOc1ccc(-c2ccncc2)cc1. The number of aliphatic hydroxyl groups is 1. The van der Waals surface area contributed by atoms with E-state index in [1.807, 2.05) is 36.4 Å². The lowest BCUT2D eigenvalue weighted by molar-refractivity contribution is -0.146. The smallest absolute Gasteiger partial charge is 0.417 e. The minimum atomic E-state index is -4.74. The number of nitrogens with zero attached hydrogens (tertiary/aromatic N) is 4. The summed E-state index contributed by atoms with van der Waals surface area (Å²) in [6, 6.07) is 16.1. The Balaban J connectivity index is 1.38. The van der Waals surface area contributed by atoms with Gasteiger partial charge in [-0.15, -0.1) is 0 Å². The number of nitriles is 1. The zero-order chi connectivity index (χ0) is 27.5. The molecule has 0 bridgehead atoms. The number of aliphatic hydroxyl groups excluding tert-OH is 1. The Bertz CT molecular complexity index is 1320. The second-order valence-electron chi connectivity index (χ2n) is 9.50. The maximum atomic E-state index is 13.4. The van der Waals surface area contributed by atoms with E-state index >= 15 is 0 Å². The minimum absolute atomic E-state index is 0.0171. The number of aromatic nitrogens is 1. The Morgan fingerprint density at radius 2 is 1.76 bits per heavy atom. The van der Waals surface area contributed by atoms with Gasteiger partial charge < -0.3 is 19.6 Å². The molecule has 1 atom stereocenters. The minimum Gasteiger partial charge on any atom is -0.494 e. The van der Waals surface area contributed by atoms with Crippen LogP contribution in [0.25, 0.3) is 11.1 Å². The molecule has 2 aromatic carbocycles. The molecule has 1 amide bonds. The van der Waals surface area contributed by atoms with E-state index in [4.69, 9.17) is 10.00 Å². The van der Waals surface area contributed by atoms with Gasteiger partial charge in [-0.2, -0.15) is 18.4 Å². The van der Waals surface area contributed by atoms with Gasteiger partial charge in [0, 0.05) is 24.6 Å². The van der Waals surface area contributed by atoms with E-state index in [9.17, 15) is 23.1 Å². The molecule has 4 rings (SSSR count). The number of benzene rings is 2. The van der Waals surface area contributed by atoms with Gasteiger partial charge in [-0.3, -0.25) is 9.78 Å². The average molecular weight is 525 g/mol. The fourth-order valence-electron chi connectivity index (χ4n) is 4.55. The number of pyridine rings is 1. The number of hydrogen-bond donors (Lipinski definition) is 1. The van der Waals surface area contributed by atoms with Crippen molar-refractivity contribution in [1.29, 1.82) is 5.26 Å². The van der Waals surface area contributed by atoms with Crippen LogP contribution in [0.1, 0.15) is 31.4 Å². The van der Waals surface area contributed by atoms with Crippen molar-refractivity contribution in [3.8, 4) is 22.9 Å². The van der Waals surface area contributed by atoms with E-state index in [1.54, 1.807) is 26.2 Å². The molecule has 0 saturated carbocycles. The van der Waals surface area contributed by atoms with Crippen molar-refractivity contribution in [2.45, 2.75) is 38.2 Å². The standard InChI is InChI=1S/C28H27F3N4O3/c1-27(2)26(37)34(22-7-4-21(17-32)24(16-22)28(29,30)31)18-25(36)35(27)14-3-15-38-23-8-5-19(6-9-23)20-10-12-33-13-11-20/h4-13,16,26,37H,3,14-15,18H2,1-2H3. The molecule has 0 aliphatic carbocycles. The Hall–Kier alpha value is -4.10. The summed E-state index contributed by atoms with van der Waals surface area (Å²) in [4.78, 5) is 19.8. The Morgan fingerprint density at radius 1 is 1.11 bits per heavy atom. The molecule has 0 spiro atoms. The predicted octanol–water partition coefficient (Wildman–Crippen LogP) is 4.85. The summed E-state index contributed by atoms with van der Waals surface area (Å²) in [5.41, 5.74) is -0.628. The molecule has 1 aliphatic heterocycles. The monoisotopic (exact) mass is 524 g/mol. The maximum absolute atomic E-state index is 13.4. The van der Waals surface area contributed by atoms with Crippen LogP contribution in [0, 0.1) is 11.3 Å². The quantitative estimate of drug-likeness (QED) is 0.445. The van der Waals surface area contributed by atoms with Crippen molar-refractivity contribution in [3.05, 3.63) is 78.1 Å². The average Bonchev–Trinajstić information content (AvgIpc) is 2.90. The highest BCUT2D eigenvalue weighted by atomic mass is 19.4. The van der Waals surface area contributed by atoms with E-state index in [1.165, 1.54) is 21.9 Å². The summed E-state index contributed by atoms with van der Waals surface area (Å²) in [7, 11) is 0. The molecule has 1 aliphatic rings. The molecule has 1 saturated heterocycles. The molecule has 1 unspecified atom stereocenters. The number of ether oxygens (including phenoxy) is 1. The topological polar surface area (TPSA) is 89.7 Å². The molecule has 2 heterocycles. The van der Waals surface area contributed by atoms with Gasteiger partial charge in [0.05, 0.1) is 35.9 Å².